The minimum absolute atomic E-state index is 0.590. The van der Waals surface area contributed by atoms with E-state index in [-0.39, 0.29) is 0 Å². The van der Waals surface area contributed by atoms with Crippen molar-refractivity contribution in [2.45, 2.75) is 0 Å². The van der Waals surface area contributed by atoms with Crippen LogP contribution < -0.4 is 0 Å². The van der Waals surface area contributed by atoms with Gasteiger partial charge >= 0.3 is 0 Å². The second-order valence-corrected chi connectivity index (χ2v) is 3.89. The molecule has 3 heteroatoms. The molecule has 2 aromatic heterocycles. The molecule has 0 aliphatic carbocycles. The first-order valence-electron chi connectivity index (χ1n) is 4.94. The average molecular weight is 230 g/mol. The Morgan fingerprint density at radius 2 is 1.88 bits per heavy atom. The molecule has 0 amide bonds. The van der Waals surface area contributed by atoms with E-state index in [1.807, 2.05) is 36.4 Å². The summed E-state index contributed by atoms with van der Waals surface area (Å²) < 4.78 is 5.69. The molecule has 0 saturated carbocycles. The highest BCUT2D eigenvalue weighted by Crippen LogP contribution is 2.30. The first kappa shape index (κ1) is 9.43. The van der Waals surface area contributed by atoms with Crippen LogP contribution in [0.5, 0.6) is 0 Å². The van der Waals surface area contributed by atoms with Crippen LogP contribution in [-0.4, -0.2) is 4.98 Å². The van der Waals surface area contributed by atoms with Crippen molar-refractivity contribution in [2.75, 3.05) is 0 Å². The molecule has 0 unspecified atom stereocenters. The number of hydrogen-bond donors (Lipinski definition) is 0. The fourth-order valence-electron chi connectivity index (χ4n) is 1.65. The summed E-state index contributed by atoms with van der Waals surface area (Å²) in [6.07, 6.45) is 1.68. The van der Waals surface area contributed by atoms with E-state index in [1.54, 1.807) is 12.3 Å². The van der Waals surface area contributed by atoms with Crippen LogP contribution in [0.2, 0.25) is 5.02 Å². The Balaban J connectivity index is 2.23. The number of pyridine rings is 1. The minimum Gasteiger partial charge on any atom is -0.453 e. The summed E-state index contributed by atoms with van der Waals surface area (Å²) >= 11 is 6.02. The summed E-state index contributed by atoms with van der Waals surface area (Å²) in [6, 6.07) is 13.5. The van der Waals surface area contributed by atoms with Gasteiger partial charge in [-0.1, -0.05) is 41.9 Å². The Hall–Kier alpha value is -1.80. The lowest BCUT2D eigenvalue weighted by Crippen LogP contribution is -1.70. The molecule has 0 saturated heterocycles. The standard InChI is InChI=1S/C13H8ClNO/c14-10-6-7-15-11-8-12(16-13(10)11)9-4-2-1-3-5-9/h1-8H. The molecule has 0 fully saturated rings. The SMILES string of the molecule is Clc1ccnc2cc(-c3ccccc3)oc12. The average Bonchev–Trinajstić information content (AvgIpc) is 2.76. The maximum atomic E-state index is 6.02. The fourth-order valence-corrected chi connectivity index (χ4v) is 1.84. The molecule has 0 atom stereocenters. The Morgan fingerprint density at radius 1 is 1.06 bits per heavy atom. The molecule has 3 aromatic rings. The highest BCUT2D eigenvalue weighted by molar-refractivity contribution is 6.34. The molecule has 0 aliphatic rings. The Bertz CT molecular complexity index is 631. The summed E-state index contributed by atoms with van der Waals surface area (Å²) in [5.74, 6) is 0.788. The van der Waals surface area contributed by atoms with Crippen LogP contribution >= 0.6 is 11.6 Å². The van der Waals surface area contributed by atoms with Gasteiger partial charge in [0.05, 0.1) is 5.02 Å². The Labute approximate surface area is 97.5 Å². The molecule has 0 radical (unpaired) electrons. The lowest BCUT2D eigenvalue weighted by Gasteiger charge is -1.93. The van der Waals surface area contributed by atoms with Crippen molar-refractivity contribution in [3.05, 3.63) is 53.7 Å². The molecule has 3 rings (SSSR count). The zero-order chi connectivity index (χ0) is 11.0. The second-order valence-electron chi connectivity index (χ2n) is 3.48. The maximum absolute atomic E-state index is 6.02. The van der Waals surface area contributed by atoms with Crippen molar-refractivity contribution in [2.24, 2.45) is 0 Å². The number of nitrogens with zero attached hydrogens (tertiary/aromatic N) is 1. The van der Waals surface area contributed by atoms with Crippen molar-refractivity contribution >= 4 is 22.7 Å². The van der Waals surface area contributed by atoms with Crippen LogP contribution in [0.15, 0.2) is 53.1 Å². The summed E-state index contributed by atoms with van der Waals surface area (Å²) in [5, 5.41) is 0.590. The van der Waals surface area contributed by atoms with Crippen LogP contribution in [0.25, 0.3) is 22.4 Å². The van der Waals surface area contributed by atoms with Gasteiger partial charge in [0.15, 0.2) is 5.58 Å². The van der Waals surface area contributed by atoms with Crippen molar-refractivity contribution in [3.8, 4) is 11.3 Å². The molecule has 78 valence electrons. The van der Waals surface area contributed by atoms with Crippen LogP contribution in [0, 0.1) is 0 Å². The first-order chi connectivity index (χ1) is 7.84. The first-order valence-corrected chi connectivity index (χ1v) is 5.32. The predicted octanol–water partition coefficient (Wildman–Crippen LogP) is 4.15. The third kappa shape index (κ3) is 1.48. The zero-order valence-electron chi connectivity index (χ0n) is 8.35. The number of fused-ring (bicyclic) bond motifs is 1. The van der Waals surface area contributed by atoms with Gasteiger partial charge < -0.3 is 4.42 Å². The molecular formula is C13H8ClNO. The van der Waals surface area contributed by atoms with Crippen molar-refractivity contribution in [1.82, 2.24) is 4.98 Å². The highest BCUT2D eigenvalue weighted by atomic mass is 35.5. The lowest BCUT2D eigenvalue weighted by atomic mass is 10.2. The van der Waals surface area contributed by atoms with Crippen molar-refractivity contribution in [1.29, 1.82) is 0 Å². The third-order valence-corrected chi connectivity index (χ3v) is 2.72. The normalized spacial score (nSPS) is 10.8. The van der Waals surface area contributed by atoms with Gasteiger partial charge in [-0.05, 0) is 6.07 Å². The van der Waals surface area contributed by atoms with E-state index in [1.165, 1.54) is 0 Å². The summed E-state index contributed by atoms with van der Waals surface area (Å²) in [6.45, 7) is 0. The van der Waals surface area contributed by atoms with Gasteiger partial charge in [-0.15, -0.1) is 0 Å². The van der Waals surface area contributed by atoms with E-state index in [4.69, 9.17) is 16.0 Å². The molecular weight excluding hydrogens is 222 g/mol. The van der Waals surface area contributed by atoms with E-state index in [0.717, 1.165) is 16.8 Å². The number of furan rings is 1. The van der Waals surface area contributed by atoms with Gasteiger partial charge in [-0.3, -0.25) is 4.98 Å². The van der Waals surface area contributed by atoms with Gasteiger partial charge in [-0.25, -0.2) is 0 Å². The molecule has 0 bridgehead atoms. The predicted molar refractivity (Wildman–Crippen MR) is 64.5 cm³/mol. The van der Waals surface area contributed by atoms with E-state index in [0.29, 0.717) is 10.6 Å². The van der Waals surface area contributed by atoms with Crippen LogP contribution in [-0.2, 0) is 0 Å². The quantitative estimate of drug-likeness (QED) is 0.627. The monoisotopic (exact) mass is 229 g/mol. The molecule has 2 nitrogen and oxygen atoms in total. The molecule has 1 aromatic carbocycles. The molecule has 2 heterocycles. The topological polar surface area (TPSA) is 26.0 Å². The smallest absolute Gasteiger partial charge is 0.171 e. The number of benzene rings is 1. The number of halogens is 1. The maximum Gasteiger partial charge on any atom is 0.171 e. The van der Waals surface area contributed by atoms with E-state index in [2.05, 4.69) is 4.98 Å². The largest absolute Gasteiger partial charge is 0.453 e. The van der Waals surface area contributed by atoms with Crippen molar-refractivity contribution < 1.29 is 4.42 Å². The van der Waals surface area contributed by atoms with Gasteiger partial charge in [0.25, 0.3) is 0 Å². The van der Waals surface area contributed by atoms with Gasteiger partial charge in [0.1, 0.15) is 11.3 Å². The minimum atomic E-state index is 0.590. The lowest BCUT2D eigenvalue weighted by molar-refractivity contribution is 0.631. The Morgan fingerprint density at radius 3 is 2.62 bits per heavy atom. The number of hydrogen-bond acceptors (Lipinski definition) is 2. The highest BCUT2D eigenvalue weighted by Gasteiger charge is 2.08. The summed E-state index contributed by atoms with van der Waals surface area (Å²) in [7, 11) is 0. The van der Waals surface area contributed by atoms with E-state index in [9.17, 15) is 0 Å². The van der Waals surface area contributed by atoms with Gasteiger partial charge in [-0.2, -0.15) is 0 Å². The zero-order valence-corrected chi connectivity index (χ0v) is 9.11. The molecule has 0 N–H and O–H groups in total. The third-order valence-electron chi connectivity index (χ3n) is 2.42. The molecule has 16 heavy (non-hydrogen) atoms. The molecule has 0 spiro atoms. The van der Waals surface area contributed by atoms with E-state index < -0.39 is 0 Å². The fraction of sp³-hybridized carbons (Fsp3) is 0. The number of aromatic nitrogens is 1. The van der Waals surface area contributed by atoms with Gasteiger partial charge in [0, 0.05) is 17.8 Å². The van der Waals surface area contributed by atoms with Crippen molar-refractivity contribution in [3.63, 3.8) is 0 Å². The number of rotatable bonds is 1. The van der Waals surface area contributed by atoms with Crippen LogP contribution in [0.3, 0.4) is 0 Å². The van der Waals surface area contributed by atoms with Crippen LogP contribution in [0.1, 0.15) is 0 Å². The van der Waals surface area contributed by atoms with E-state index >= 15 is 0 Å². The van der Waals surface area contributed by atoms with Gasteiger partial charge in [0.2, 0.25) is 0 Å². The van der Waals surface area contributed by atoms with Crippen LogP contribution in [0.4, 0.5) is 0 Å². The summed E-state index contributed by atoms with van der Waals surface area (Å²) in [4.78, 5) is 4.21. The second kappa shape index (κ2) is 3.65. The Kier molecular flexibility index (Phi) is 2.15. The molecule has 0 aliphatic heterocycles. The summed E-state index contributed by atoms with van der Waals surface area (Å²) in [5.41, 5.74) is 2.45.